The van der Waals surface area contributed by atoms with E-state index in [9.17, 15) is 0 Å². The molecule has 0 aliphatic rings. The third-order valence-corrected chi connectivity index (χ3v) is 3.10. The number of nitrogens with zero attached hydrogens (tertiary/aromatic N) is 4. The Balaban J connectivity index is 2.10. The Labute approximate surface area is 117 Å². The molecular weight excluding hydrogens is 262 g/mol. The number of hydrogen-bond donors (Lipinski definition) is 1. The second-order valence-electron chi connectivity index (χ2n) is 4.34. The average Bonchev–Trinajstić information content (AvgIpc) is 2.41. The molecule has 2 N–H and O–H groups in total. The maximum atomic E-state index is 5.99. The molecule has 5 nitrogen and oxygen atoms in total. The predicted molar refractivity (Wildman–Crippen MR) is 77.4 cm³/mol. The first-order valence-electron chi connectivity index (χ1n) is 5.97. The Morgan fingerprint density at radius 2 is 1.95 bits per heavy atom. The summed E-state index contributed by atoms with van der Waals surface area (Å²) in [6.45, 7) is 2.62. The predicted octanol–water partition coefficient (Wildman–Crippen LogP) is 2.09. The van der Waals surface area contributed by atoms with Crippen LogP contribution >= 0.6 is 11.6 Å². The topological polar surface area (TPSA) is 67.9 Å². The zero-order valence-electron chi connectivity index (χ0n) is 11.0. The van der Waals surface area contributed by atoms with Gasteiger partial charge >= 0.3 is 0 Å². The average molecular weight is 278 g/mol. The lowest BCUT2D eigenvalue weighted by molar-refractivity contribution is 0.854. The summed E-state index contributed by atoms with van der Waals surface area (Å²) in [5.41, 5.74) is 8.48. The van der Waals surface area contributed by atoms with Crippen molar-refractivity contribution in [2.75, 3.05) is 24.2 Å². The third kappa shape index (κ3) is 3.32. The lowest BCUT2D eigenvalue weighted by Gasteiger charge is -2.20. The Morgan fingerprint density at radius 3 is 2.63 bits per heavy atom. The zero-order chi connectivity index (χ0) is 13.8. The molecule has 2 heterocycles. The van der Waals surface area contributed by atoms with Gasteiger partial charge in [0.25, 0.3) is 0 Å². The molecule has 0 aliphatic carbocycles. The summed E-state index contributed by atoms with van der Waals surface area (Å²) in [6, 6.07) is 3.99. The van der Waals surface area contributed by atoms with Crippen molar-refractivity contribution in [2.45, 2.75) is 13.3 Å². The Morgan fingerprint density at radius 1 is 1.26 bits per heavy atom. The first-order valence-corrected chi connectivity index (χ1v) is 6.35. The van der Waals surface area contributed by atoms with Gasteiger partial charge in [-0.15, -0.1) is 0 Å². The molecule has 0 spiro atoms. The molecule has 0 aromatic carbocycles. The standard InChI is InChI=1S/C13H16ClN5/c1-9-11(15)12(18-13(14)17-9)19(2)8-5-10-3-6-16-7-4-10/h3-4,6-7H,5,8,15H2,1-2H3. The first kappa shape index (κ1) is 13.5. The second kappa shape index (κ2) is 5.84. The maximum Gasteiger partial charge on any atom is 0.224 e. The second-order valence-corrected chi connectivity index (χ2v) is 4.68. The molecule has 19 heavy (non-hydrogen) atoms. The largest absolute Gasteiger partial charge is 0.394 e. The minimum Gasteiger partial charge on any atom is -0.394 e. The van der Waals surface area contributed by atoms with Crippen LogP contribution in [0.15, 0.2) is 24.5 Å². The van der Waals surface area contributed by atoms with Crippen molar-refractivity contribution in [3.63, 3.8) is 0 Å². The monoisotopic (exact) mass is 277 g/mol. The van der Waals surface area contributed by atoms with E-state index in [0.29, 0.717) is 17.2 Å². The van der Waals surface area contributed by atoms with Gasteiger partial charge in [-0.25, -0.2) is 4.98 Å². The minimum absolute atomic E-state index is 0.220. The van der Waals surface area contributed by atoms with Gasteiger partial charge in [-0.1, -0.05) is 0 Å². The van der Waals surface area contributed by atoms with Crippen LogP contribution in [0.3, 0.4) is 0 Å². The van der Waals surface area contributed by atoms with E-state index in [1.165, 1.54) is 5.56 Å². The maximum absolute atomic E-state index is 5.99. The van der Waals surface area contributed by atoms with Gasteiger partial charge in [0.15, 0.2) is 5.82 Å². The quantitative estimate of drug-likeness (QED) is 0.867. The van der Waals surface area contributed by atoms with E-state index in [-0.39, 0.29) is 5.28 Å². The van der Waals surface area contributed by atoms with Crippen LogP contribution in [0.2, 0.25) is 5.28 Å². The zero-order valence-corrected chi connectivity index (χ0v) is 11.7. The molecule has 0 bridgehead atoms. The fourth-order valence-electron chi connectivity index (χ4n) is 1.78. The number of aryl methyl sites for hydroxylation is 1. The molecule has 0 aliphatic heterocycles. The third-order valence-electron chi connectivity index (χ3n) is 2.94. The molecule has 0 saturated carbocycles. The van der Waals surface area contributed by atoms with Crippen LogP contribution in [0.5, 0.6) is 0 Å². The van der Waals surface area contributed by atoms with E-state index >= 15 is 0 Å². The number of nitrogen functional groups attached to an aromatic ring is 1. The van der Waals surface area contributed by atoms with Crippen molar-refractivity contribution in [1.82, 2.24) is 15.0 Å². The SMILES string of the molecule is Cc1nc(Cl)nc(N(C)CCc2ccncc2)c1N. The number of anilines is 2. The van der Waals surface area contributed by atoms with Crippen molar-refractivity contribution in [2.24, 2.45) is 0 Å². The van der Waals surface area contributed by atoms with Crippen LogP contribution in [0, 0.1) is 6.92 Å². The first-order chi connectivity index (χ1) is 9.08. The van der Waals surface area contributed by atoms with Crippen molar-refractivity contribution >= 4 is 23.1 Å². The van der Waals surface area contributed by atoms with Gasteiger partial charge in [-0.3, -0.25) is 4.98 Å². The molecule has 0 fully saturated rings. The summed E-state index contributed by atoms with van der Waals surface area (Å²) >= 11 is 5.87. The van der Waals surface area contributed by atoms with Crippen LogP contribution in [0.4, 0.5) is 11.5 Å². The summed E-state index contributed by atoms with van der Waals surface area (Å²) in [6.07, 6.45) is 4.46. The van der Waals surface area contributed by atoms with Gasteiger partial charge in [-0.2, -0.15) is 4.98 Å². The molecule has 0 saturated heterocycles. The molecular formula is C13H16ClN5. The molecule has 0 radical (unpaired) electrons. The van der Waals surface area contributed by atoms with Gasteiger partial charge in [0, 0.05) is 26.0 Å². The molecule has 2 rings (SSSR count). The number of rotatable bonds is 4. The number of hydrogen-bond acceptors (Lipinski definition) is 5. The molecule has 0 atom stereocenters. The highest BCUT2D eigenvalue weighted by Gasteiger charge is 2.12. The van der Waals surface area contributed by atoms with Gasteiger partial charge in [-0.05, 0) is 42.6 Å². The van der Waals surface area contributed by atoms with Crippen LogP contribution in [0.1, 0.15) is 11.3 Å². The molecule has 0 amide bonds. The normalized spacial score (nSPS) is 10.5. The fraction of sp³-hybridized carbons (Fsp3) is 0.308. The lowest BCUT2D eigenvalue weighted by atomic mass is 10.2. The van der Waals surface area contributed by atoms with Crippen molar-refractivity contribution in [3.05, 3.63) is 41.1 Å². The molecule has 2 aromatic rings. The van der Waals surface area contributed by atoms with Crippen LogP contribution in [0.25, 0.3) is 0 Å². The Kier molecular flexibility index (Phi) is 4.16. The van der Waals surface area contributed by atoms with Crippen molar-refractivity contribution in [1.29, 1.82) is 0 Å². The minimum atomic E-state index is 0.220. The summed E-state index contributed by atoms with van der Waals surface area (Å²) in [7, 11) is 1.94. The molecule has 100 valence electrons. The number of halogens is 1. The van der Waals surface area contributed by atoms with E-state index in [4.69, 9.17) is 17.3 Å². The highest BCUT2D eigenvalue weighted by molar-refractivity contribution is 6.28. The highest BCUT2D eigenvalue weighted by Crippen LogP contribution is 2.23. The summed E-state index contributed by atoms with van der Waals surface area (Å²) < 4.78 is 0. The van der Waals surface area contributed by atoms with Crippen LogP contribution in [-0.4, -0.2) is 28.5 Å². The van der Waals surface area contributed by atoms with E-state index in [1.54, 1.807) is 12.4 Å². The highest BCUT2D eigenvalue weighted by atomic mass is 35.5. The number of aromatic nitrogens is 3. The van der Waals surface area contributed by atoms with Gasteiger partial charge in [0.2, 0.25) is 5.28 Å². The lowest BCUT2D eigenvalue weighted by Crippen LogP contribution is -2.23. The number of pyridine rings is 1. The summed E-state index contributed by atoms with van der Waals surface area (Å²) in [4.78, 5) is 14.2. The number of nitrogens with two attached hydrogens (primary N) is 1. The molecule has 2 aromatic heterocycles. The van der Waals surface area contributed by atoms with E-state index in [2.05, 4.69) is 15.0 Å². The Hall–Kier alpha value is -1.88. The van der Waals surface area contributed by atoms with Crippen molar-refractivity contribution < 1.29 is 0 Å². The summed E-state index contributed by atoms with van der Waals surface area (Å²) in [5, 5.41) is 0.220. The van der Waals surface area contributed by atoms with E-state index < -0.39 is 0 Å². The van der Waals surface area contributed by atoms with Crippen LogP contribution in [-0.2, 0) is 6.42 Å². The van der Waals surface area contributed by atoms with Crippen molar-refractivity contribution in [3.8, 4) is 0 Å². The van der Waals surface area contributed by atoms with Gasteiger partial charge in [0.05, 0.1) is 11.4 Å². The fourth-order valence-corrected chi connectivity index (χ4v) is 1.98. The summed E-state index contributed by atoms with van der Waals surface area (Å²) in [5.74, 6) is 0.673. The van der Waals surface area contributed by atoms with Gasteiger partial charge < -0.3 is 10.6 Å². The number of likely N-dealkylation sites (N-methyl/N-ethyl adjacent to an activating group) is 1. The molecule has 6 heteroatoms. The Bertz CT molecular complexity index is 558. The van der Waals surface area contributed by atoms with E-state index in [1.807, 2.05) is 31.0 Å². The van der Waals surface area contributed by atoms with E-state index in [0.717, 1.165) is 13.0 Å². The van der Waals surface area contributed by atoms with Crippen LogP contribution < -0.4 is 10.6 Å². The smallest absolute Gasteiger partial charge is 0.224 e. The van der Waals surface area contributed by atoms with Gasteiger partial charge in [0.1, 0.15) is 0 Å². The molecule has 0 unspecified atom stereocenters.